The van der Waals surface area contributed by atoms with Gasteiger partial charge in [-0.25, -0.2) is 19.3 Å². The molecule has 1 aromatic carbocycles. The molecule has 0 unspecified atom stereocenters. The van der Waals surface area contributed by atoms with Gasteiger partial charge in [0.25, 0.3) is 0 Å². The SMILES string of the molecule is Oc1cc(F)c(Nc2ncnc3ccc(Cl)nc23)cc1Cl. The highest BCUT2D eigenvalue weighted by molar-refractivity contribution is 6.32. The van der Waals surface area contributed by atoms with E-state index in [2.05, 4.69) is 20.3 Å². The summed E-state index contributed by atoms with van der Waals surface area (Å²) in [6.45, 7) is 0. The van der Waals surface area contributed by atoms with Crippen LogP contribution in [0.15, 0.2) is 30.6 Å². The number of aromatic nitrogens is 3. The average molecular weight is 325 g/mol. The Labute approximate surface area is 128 Å². The number of benzene rings is 1. The van der Waals surface area contributed by atoms with Gasteiger partial charge in [0, 0.05) is 6.07 Å². The first-order valence-corrected chi connectivity index (χ1v) is 6.52. The third kappa shape index (κ3) is 2.68. The van der Waals surface area contributed by atoms with Gasteiger partial charge in [0.15, 0.2) is 5.82 Å². The number of nitrogens with zero attached hydrogens (tertiary/aromatic N) is 3. The number of phenols is 1. The fourth-order valence-corrected chi connectivity index (χ4v) is 2.08. The Hall–Kier alpha value is -2.18. The van der Waals surface area contributed by atoms with Crippen LogP contribution in [0.3, 0.4) is 0 Å². The lowest BCUT2D eigenvalue weighted by Crippen LogP contribution is -1.99. The summed E-state index contributed by atoms with van der Waals surface area (Å²) in [4.78, 5) is 12.2. The molecule has 0 spiro atoms. The van der Waals surface area contributed by atoms with E-state index in [0.717, 1.165) is 6.07 Å². The van der Waals surface area contributed by atoms with Crippen molar-refractivity contribution in [3.63, 3.8) is 0 Å². The zero-order valence-electron chi connectivity index (χ0n) is 10.3. The lowest BCUT2D eigenvalue weighted by atomic mass is 10.2. The van der Waals surface area contributed by atoms with E-state index < -0.39 is 5.82 Å². The summed E-state index contributed by atoms with van der Waals surface area (Å²) < 4.78 is 13.8. The van der Waals surface area contributed by atoms with Crippen LogP contribution in [-0.2, 0) is 0 Å². The molecule has 0 aliphatic rings. The number of halogens is 3. The van der Waals surface area contributed by atoms with E-state index in [4.69, 9.17) is 23.2 Å². The molecular weight excluding hydrogens is 318 g/mol. The predicted octanol–water partition coefficient (Wildman–Crippen LogP) is 3.92. The summed E-state index contributed by atoms with van der Waals surface area (Å²) in [5, 5.41) is 12.4. The summed E-state index contributed by atoms with van der Waals surface area (Å²) in [5.74, 6) is -0.734. The second kappa shape index (κ2) is 5.31. The minimum Gasteiger partial charge on any atom is -0.506 e. The van der Waals surface area contributed by atoms with E-state index in [1.165, 1.54) is 12.4 Å². The molecule has 2 aromatic heterocycles. The largest absolute Gasteiger partial charge is 0.506 e. The molecule has 106 valence electrons. The van der Waals surface area contributed by atoms with Gasteiger partial charge in [-0.2, -0.15) is 0 Å². The molecule has 0 aliphatic heterocycles. The normalized spacial score (nSPS) is 10.8. The molecule has 0 radical (unpaired) electrons. The molecule has 0 amide bonds. The van der Waals surface area contributed by atoms with Crippen LogP contribution in [0, 0.1) is 5.82 Å². The monoisotopic (exact) mass is 324 g/mol. The standard InChI is InChI=1S/C13H7Cl2FN4O/c14-6-3-9(7(16)4-10(6)21)19-13-12-8(17-5-18-13)1-2-11(15)20-12/h1-5,21H,(H,17,18,19). The molecule has 0 saturated heterocycles. The maximum Gasteiger partial charge on any atom is 0.160 e. The van der Waals surface area contributed by atoms with Crippen LogP contribution in [0.25, 0.3) is 11.0 Å². The van der Waals surface area contributed by atoms with E-state index in [0.29, 0.717) is 11.0 Å². The van der Waals surface area contributed by atoms with Crippen molar-refractivity contribution in [1.29, 1.82) is 0 Å². The van der Waals surface area contributed by atoms with E-state index in [1.807, 2.05) is 0 Å². The summed E-state index contributed by atoms with van der Waals surface area (Å²) in [7, 11) is 0. The van der Waals surface area contributed by atoms with Crippen LogP contribution in [0.4, 0.5) is 15.9 Å². The maximum atomic E-state index is 13.8. The van der Waals surface area contributed by atoms with Gasteiger partial charge < -0.3 is 10.4 Å². The summed E-state index contributed by atoms with van der Waals surface area (Å²) >= 11 is 11.6. The molecule has 2 N–H and O–H groups in total. The Bertz CT molecular complexity index is 844. The quantitative estimate of drug-likeness (QED) is 0.552. The van der Waals surface area contributed by atoms with Gasteiger partial charge in [0.05, 0.1) is 16.2 Å². The number of fused-ring (bicyclic) bond motifs is 1. The Balaban J connectivity index is 2.10. The van der Waals surface area contributed by atoms with Gasteiger partial charge in [0.2, 0.25) is 0 Å². The fourth-order valence-electron chi connectivity index (χ4n) is 1.77. The second-order valence-corrected chi connectivity index (χ2v) is 4.93. The highest BCUT2D eigenvalue weighted by Gasteiger charge is 2.11. The van der Waals surface area contributed by atoms with Gasteiger partial charge in [-0.15, -0.1) is 0 Å². The first-order chi connectivity index (χ1) is 10.0. The van der Waals surface area contributed by atoms with E-state index >= 15 is 0 Å². The lowest BCUT2D eigenvalue weighted by Gasteiger charge is -2.09. The van der Waals surface area contributed by atoms with Crippen LogP contribution < -0.4 is 5.32 Å². The average Bonchev–Trinajstić information content (AvgIpc) is 2.45. The van der Waals surface area contributed by atoms with Crippen molar-refractivity contribution >= 4 is 45.7 Å². The number of nitrogens with one attached hydrogen (secondary N) is 1. The van der Waals surface area contributed by atoms with Gasteiger partial charge in [-0.3, -0.25) is 0 Å². The Kier molecular flexibility index (Phi) is 3.48. The van der Waals surface area contributed by atoms with Crippen molar-refractivity contribution < 1.29 is 9.50 Å². The number of aromatic hydroxyl groups is 1. The topological polar surface area (TPSA) is 70.9 Å². The molecule has 3 rings (SSSR count). The van der Waals surface area contributed by atoms with E-state index in [9.17, 15) is 9.50 Å². The first-order valence-electron chi connectivity index (χ1n) is 5.77. The van der Waals surface area contributed by atoms with Crippen LogP contribution in [0.2, 0.25) is 10.2 Å². The molecule has 21 heavy (non-hydrogen) atoms. The molecule has 0 atom stereocenters. The van der Waals surface area contributed by atoms with Crippen LogP contribution in [0.1, 0.15) is 0 Å². The smallest absolute Gasteiger partial charge is 0.160 e. The van der Waals surface area contributed by atoms with Gasteiger partial charge in [-0.05, 0) is 18.2 Å². The second-order valence-electron chi connectivity index (χ2n) is 4.13. The number of hydrogen-bond acceptors (Lipinski definition) is 5. The number of anilines is 2. The van der Waals surface area contributed by atoms with Gasteiger partial charge in [0.1, 0.15) is 28.6 Å². The van der Waals surface area contributed by atoms with Gasteiger partial charge in [-0.1, -0.05) is 23.2 Å². The summed E-state index contributed by atoms with van der Waals surface area (Å²) in [6, 6.07) is 5.44. The predicted molar refractivity (Wildman–Crippen MR) is 78.7 cm³/mol. The highest BCUT2D eigenvalue weighted by Crippen LogP contribution is 2.31. The van der Waals surface area contributed by atoms with Gasteiger partial charge >= 0.3 is 0 Å². The Morgan fingerprint density at radius 2 is 1.95 bits per heavy atom. The third-order valence-electron chi connectivity index (χ3n) is 2.74. The summed E-state index contributed by atoms with van der Waals surface area (Å²) in [6.07, 6.45) is 1.32. The molecule has 0 saturated carbocycles. The van der Waals surface area contributed by atoms with Crippen molar-refractivity contribution in [2.45, 2.75) is 0 Å². The fraction of sp³-hybridized carbons (Fsp3) is 0. The van der Waals surface area contributed by atoms with Crippen LogP contribution in [0.5, 0.6) is 5.75 Å². The Morgan fingerprint density at radius 3 is 2.76 bits per heavy atom. The zero-order valence-corrected chi connectivity index (χ0v) is 11.8. The Morgan fingerprint density at radius 1 is 1.14 bits per heavy atom. The van der Waals surface area contributed by atoms with Crippen LogP contribution in [-0.4, -0.2) is 20.1 Å². The highest BCUT2D eigenvalue weighted by atomic mass is 35.5. The van der Waals surface area contributed by atoms with Crippen molar-refractivity contribution in [3.05, 3.63) is 46.6 Å². The van der Waals surface area contributed by atoms with E-state index in [1.54, 1.807) is 12.1 Å². The number of pyridine rings is 1. The third-order valence-corrected chi connectivity index (χ3v) is 3.25. The van der Waals surface area contributed by atoms with Crippen LogP contribution >= 0.6 is 23.2 Å². The minimum atomic E-state index is -0.675. The molecule has 3 aromatic rings. The van der Waals surface area contributed by atoms with Crippen molar-refractivity contribution in [2.24, 2.45) is 0 Å². The number of hydrogen-bond donors (Lipinski definition) is 2. The van der Waals surface area contributed by atoms with E-state index in [-0.39, 0.29) is 27.4 Å². The number of phenolic OH excluding ortho intramolecular Hbond substituents is 1. The zero-order chi connectivity index (χ0) is 15.0. The molecule has 8 heteroatoms. The molecule has 5 nitrogen and oxygen atoms in total. The molecular formula is C13H7Cl2FN4O. The summed E-state index contributed by atoms with van der Waals surface area (Å²) in [5.41, 5.74) is 1.01. The maximum absolute atomic E-state index is 13.8. The molecule has 2 heterocycles. The number of rotatable bonds is 2. The first kappa shape index (κ1) is 13.8. The van der Waals surface area contributed by atoms with Crippen molar-refractivity contribution in [3.8, 4) is 5.75 Å². The van der Waals surface area contributed by atoms with Crippen molar-refractivity contribution in [1.82, 2.24) is 15.0 Å². The molecule has 0 bridgehead atoms. The lowest BCUT2D eigenvalue weighted by molar-refractivity contribution is 0.470. The minimum absolute atomic E-state index is 0.0169. The molecule has 0 fully saturated rings. The van der Waals surface area contributed by atoms with Crippen molar-refractivity contribution in [2.75, 3.05) is 5.32 Å². The molecule has 0 aliphatic carbocycles.